The SMILES string of the molecule is CC[C@H](C)C([C@@H](CC(=O)N1CCC[C@H]1[C@H](OC)[C@@H](C)C(=O)N[C@@H](Cc1ccccc1)C(=O)O)OC)N(C)C(=O)[C@@H](N)C(C)C. The van der Waals surface area contributed by atoms with Gasteiger partial charge in [-0.25, -0.2) is 4.79 Å². The van der Waals surface area contributed by atoms with Crippen molar-refractivity contribution in [2.75, 3.05) is 27.8 Å². The summed E-state index contributed by atoms with van der Waals surface area (Å²) >= 11 is 0. The molecule has 2 rings (SSSR count). The van der Waals surface area contributed by atoms with Crippen molar-refractivity contribution in [2.24, 2.45) is 23.5 Å². The molecule has 1 unspecified atom stereocenters. The van der Waals surface area contributed by atoms with Gasteiger partial charge in [-0.05, 0) is 30.2 Å². The van der Waals surface area contributed by atoms with Crippen LogP contribution in [0.1, 0.15) is 65.9 Å². The van der Waals surface area contributed by atoms with Crippen molar-refractivity contribution in [1.29, 1.82) is 0 Å². The first kappa shape index (κ1) is 37.2. The number of benzene rings is 1. The topological polar surface area (TPSA) is 152 Å². The van der Waals surface area contributed by atoms with E-state index < -0.39 is 42.1 Å². The Bertz CT molecular complexity index is 1090. The molecule has 1 fully saturated rings. The number of rotatable bonds is 17. The molecule has 1 heterocycles. The van der Waals surface area contributed by atoms with Crippen LogP contribution in [0.2, 0.25) is 0 Å². The predicted octanol–water partition coefficient (Wildman–Crippen LogP) is 2.70. The molecule has 1 aliphatic heterocycles. The van der Waals surface area contributed by atoms with E-state index >= 15 is 0 Å². The molecule has 4 N–H and O–H groups in total. The van der Waals surface area contributed by atoms with Crippen molar-refractivity contribution >= 4 is 23.7 Å². The molecular weight excluding hydrogens is 564 g/mol. The average molecular weight is 619 g/mol. The fourth-order valence-electron chi connectivity index (χ4n) is 6.18. The second-order valence-electron chi connectivity index (χ2n) is 12.4. The molecule has 11 nitrogen and oxygen atoms in total. The summed E-state index contributed by atoms with van der Waals surface area (Å²) in [5.41, 5.74) is 7.00. The van der Waals surface area contributed by atoms with Gasteiger partial charge in [-0.2, -0.15) is 0 Å². The van der Waals surface area contributed by atoms with Crippen LogP contribution in [-0.2, 0) is 35.1 Å². The highest BCUT2D eigenvalue weighted by molar-refractivity contribution is 5.86. The van der Waals surface area contributed by atoms with Crippen LogP contribution in [0.25, 0.3) is 0 Å². The number of carboxylic acids is 1. The summed E-state index contributed by atoms with van der Waals surface area (Å²) in [5.74, 6) is -2.63. The summed E-state index contributed by atoms with van der Waals surface area (Å²) in [5, 5.41) is 12.5. The third-order valence-electron chi connectivity index (χ3n) is 9.16. The number of amides is 3. The van der Waals surface area contributed by atoms with Gasteiger partial charge < -0.3 is 35.4 Å². The van der Waals surface area contributed by atoms with E-state index in [1.807, 2.05) is 58.0 Å². The number of hydrogen-bond donors (Lipinski definition) is 3. The van der Waals surface area contributed by atoms with Crippen molar-refractivity contribution in [3.8, 4) is 0 Å². The molecule has 0 bridgehead atoms. The van der Waals surface area contributed by atoms with Crippen LogP contribution in [0.3, 0.4) is 0 Å². The van der Waals surface area contributed by atoms with Crippen molar-refractivity contribution in [2.45, 2.75) is 103 Å². The lowest BCUT2D eigenvalue weighted by Crippen LogP contribution is -2.56. The minimum Gasteiger partial charge on any atom is -0.480 e. The van der Waals surface area contributed by atoms with E-state index in [4.69, 9.17) is 15.2 Å². The number of ether oxygens (including phenoxy) is 2. The Morgan fingerprint density at radius 3 is 2.25 bits per heavy atom. The van der Waals surface area contributed by atoms with Crippen LogP contribution in [0, 0.1) is 17.8 Å². The van der Waals surface area contributed by atoms with E-state index in [0.717, 1.165) is 18.4 Å². The van der Waals surface area contributed by atoms with Crippen LogP contribution in [0.5, 0.6) is 0 Å². The molecule has 0 radical (unpaired) electrons. The highest BCUT2D eigenvalue weighted by atomic mass is 16.5. The largest absolute Gasteiger partial charge is 0.480 e. The Kier molecular flexibility index (Phi) is 14.8. The average Bonchev–Trinajstić information content (AvgIpc) is 3.49. The molecule has 0 spiro atoms. The Labute approximate surface area is 262 Å². The molecule has 1 aromatic carbocycles. The van der Waals surface area contributed by atoms with E-state index in [1.54, 1.807) is 30.9 Å². The lowest BCUT2D eigenvalue weighted by Gasteiger charge is -2.40. The molecule has 248 valence electrons. The second-order valence-corrected chi connectivity index (χ2v) is 12.4. The van der Waals surface area contributed by atoms with Crippen molar-refractivity contribution in [3.63, 3.8) is 0 Å². The number of nitrogens with two attached hydrogens (primary N) is 1. The Morgan fingerprint density at radius 1 is 1.09 bits per heavy atom. The highest BCUT2D eigenvalue weighted by Crippen LogP contribution is 2.29. The molecule has 44 heavy (non-hydrogen) atoms. The number of carbonyl (C=O) groups is 4. The number of nitrogens with one attached hydrogen (secondary N) is 1. The zero-order valence-corrected chi connectivity index (χ0v) is 27.7. The fraction of sp³-hybridized carbons (Fsp3) is 0.697. The maximum atomic E-state index is 13.8. The molecule has 1 aliphatic rings. The smallest absolute Gasteiger partial charge is 0.326 e. The van der Waals surface area contributed by atoms with Gasteiger partial charge in [0, 0.05) is 34.2 Å². The number of methoxy groups -OCH3 is 2. The molecule has 3 amide bonds. The van der Waals surface area contributed by atoms with Crippen LogP contribution in [0.4, 0.5) is 0 Å². The quantitative estimate of drug-likeness (QED) is 0.241. The minimum atomic E-state index is -1.12. The summed E-state index contributed by atoms with van der Waals surface area (Å²) in [7, 11) is 4.78. The Morgan fingerprint density at radius 2 is 1.73 bits per heavy atom. The minimum absolute atomic E-state index is 0.0372. The third-order valence-corrected chi connectivity index (χ3v) is 9.16. The fourth-order valence-corrected chi connectivity index (χ4v) is 6.18. The van der Waals surface area contributed by atoms with E-state index in [9.17, 15) is 24.3 Å². The van der Waals surface area contributed by atoms with E-state index in [-0.39, 0.29) is 48.6 Å². The second kappa shape index (κ2) is 17.5. The first-order chi connectivity index (χ1) is 20.8. The predicted molar refractivity (Wildman–Crippen MR) is 169 cm³/mol. The maximum absolute atomic E-state index is 13.8. The number of carbonyl (C=O) groups excluding carboxylic acids is 3. The van der Waals surface area contributed by atoms with Crippen molar-refractivity contribution in [3.05, 3.63) is 35.9 Å². The zero-order chi connectivity index (χ0) is 33.1. The summed E-state index contributed by atoms with van der Waals surface area (Å²) in [6.45, 7) is 10.1. The maximum Gasteiger partial charge on any atom is 0.326 e. The lowest BCUT2D eigenvalue weighted by atomic mass is 9.89. The number of nitrogens with zero attached hydrogens (tertiary/aromatic N) is 2. The Hall–Kier alpha value is -3.02. The van der Waals surface area contributed by atoms with E-state index in [1.165, 1.54) is 7.11 Å². The van der Waals surface area contributed by atoms with Crippen LogP contribution in [0.15, 0.2) is 30.3 Å². The summed E-state index contributed by atoms with van der Waals surface area (Å²) in [6, 6.07) is 6.61. The summed E-state index contributed by atoms with van der Waals surface area (Å²) in [4.78, 5) is 55.7. The van der Waals surface area contributed by atoms with Crippen molar-refractivity contribution < 1.29 is 33.8 Å². The van der Waals surface area contributed by atoms with E-state index in [2.05, 4.69) is 5.32 Å². The van der Waals surface area contributed by atoms with Gasteiger partial charge in [0.1, 0.15) is 6.04 Å². The molecule has 0 aromatic heterocycles. The lowest BCUT2D eigenvalue weighted by molar-refractivity contribution is -0.147. The number of aliphatic carboxylic acids is 1. The number of likely N-dealkylation sites (tertiary alicyclic amines) is 1. The number of carboxylic acid groups (broad SMARTS) is 1. The molecule has 1 saturated heterocycles. The monoisotopic (exact) mass is 618 g/mol. The summed E-state index contributed by atoms with van der Waals surface area (Å²) in [6.07, 6.45) is 1.14. The number of hydrogen-bond acceptors (Lipinski definition) is 7. The molecule has 1 aromatic rings. The highest BCUT2D eigenvalue weighted by Gasteiger charge is 2.42. The van der Waals surface area contributed by atoms with Gasteiger partial charge in [-0.1, -0.05) is 71.4 Å². The van der Waals surface area contributed by atoms with Gasteiger partial charge in [-0.15, -0.1) is 0 Å². The van der Waals surface area contributed by atoms with Crippen molar-refractivity contribution in [1.82, 2.24) is 15.1 Å². The first-order valence-corrected chi connectivity index (χ1v) is 15.7. The van der Waals surface area contributed by atoms with Gasteiger partial charge in [0.15, 0.2) is 0 Å². The van der Waals surface area contributed by atoms with Crippen LogP contribution < -0.4 is 11.1 Å². The molecule has 0 saturated carbocycles. The van der Waals surface area contributed by atoms with Crippen LogP contribution in [-0.4, -0.2) is 103 Å². The molecular formula is C33H54N4O7. The van der Waals surface area contributed by atoms with E-state index in [0.29, 0.717) is 13.0 Å². The van der Waals surface area contributed by atoms with Gasteiger partial charge in [0.05, 0.1) is 42.7 Å². The summed E-state index contributed by atoms with van der Waals surface area (Å²) < 4.78 is 11.7. The number of likely N-dealkylation sites (N-methyl/N-ethyl adjacent to an activating group) is 1. The normalized spacial score (nSPS) is 19.9. The molecule has 8 atom stereocenters. The Balaban J connectivity index is 2.20. The third kappa shape index (κ3) is 9.49. The van der Waals surface area contributed by atoms with Crippen LogP contribution >= 0.6 is 0 Å². The molecule has 11 heteroatoms. The van der Waals surface area contributed by atoms with Gasteiger partial charge in [0.2, 0.25) is 17.7 Å². The van der Waals surface area contributed by atoms with Gasteiger partial charge in [-0.3, -0.25) is 14.4 Å². The first-order valence-electron chi connectivity index (χ1n) is 15.7. The standard InChI is InChI=1S/C33H54N4O7/c1-9-21(4)29(36(6)32(40)28(34)20(2)3)26(43-7)19-27(38)37-17-13-16-25(37)30(44-8)22(5)31(39)35-24(33(41)42)18-23-14-11-10-12-15-23/h10-12,14-15,20-22,24-26,28-30H,9,13,16-19,34H2,1-8H3,(H,35,39)(H,41,42)/t21-,22+,24-,25-,26+,28-,29?,30+/m0/s1. The zero-order valence-electron chi connectivity index (χ0n) is 27.7. The van der Waals surface area contributed by atoms with Gasteiger partial charge >= 0.3 is 5.97 Å². The van der Waals surface area contributed by atoms with Gasteiger partial charge in [0.25, 0.3) is 0 Å². The molecule has 0 aliphatic carbocycles.